The number of amides is 1. The van der Waals surface area contributed by atoms with Gasteiger partial charge in [0.05, 0.1) is 11.8 Å². The number of rotatable bonds is 3. The molecular formula is C17H18N4O2S. The van der Waals surface area contributed by atoms with E-state index >= 15 is 0 Å². The van der Waals surface area contributed by atoms with Gasteiger partial charge in [-0.3, -0.25) is 15.1 Å². The molecule has 0 spiro atoms. The second-order valence-electron chi connectivity index (χ2n) is 6.47. The van der Waals surface area contributed by atoms with Crippen LogP contribution in [0.4, 0.5) is 5.13 Å². The standard InChI is InChI=1S/C17H18N4O2S/c1-10-6-8-23-13(10)15-20-21-16(24-15)19-14(22)11-9-18-7-5-12(11)17(2,3)4/h5-9H,1-4H3,(H,19,21,22). The number of carbonyl (C=O) groups excluding carboxylic acids is 1. The lowest BCUT2D eigenvalue weighted by Gasteiger charge is -2.21. The third-order valence-corrected chi connectivity index (χ3v) is 4.41. The Labute approximate surface area is 144 Å². The average Bonchev–Trinajstić information content (AvgIpc) is 3.15. The molecule has 0 aliphatic heterocycles. The highest BCUT2D eigenvalue weighted by Crippen LogP contribution is 2.30. The lowest BCUT2D eigenvalue weighted by Crippen LogP contribution is -2.21. The summed E-state index contributed by atoms with van der Waals surface area (Å²) in [4.78, 5) is 16.7. The zero-order valence-electron chi connectivity index (χ0n) is 14.0. The predicted octanol–water partition coefficient (Wildman–Crippen LogP) is 4.05. The van der Waals surface area contributed by atoms with E-state index in [1.54, 1.807) is 18.7 Å². The Bertz CT molecular complexity index is 877. The van der Waals surface area contributed by atoms with Crippen molar-refractivity contribution in [3.05, 3.63) is 47.5 Å². The number of hydrogen-bond donors (Lipinski definition) is 1. The lowest BCUT2D eigenvalue weighted by molar-refractivity contribution is 0.102. The van der Waals surface area contributed by atoms with E-state index in [0.717, 1.165) is 11.1 Å². The molecule has 1 N–H and O–H groups in total. The van der Waals surface area contributed by atoms with Crippen LogP contribution in [0.3, 0.4) is 0 Å². The molecule has 6 nitrogen and oxygen atoms in total. The molecule has 1 amide bonds. The summed E-state index contributed by atoms with van der Waals surface area (Å²) in [7, 11) is 0. The number of furan rings is 1. The molecule has 0 unspecified atom stereocenters. The van der Waals surface area contributed by atoms with Crippen molar-refractivity contribution in [3.8, 4) is 10.8 Å². The molecule has 3 aromatic heterocycles. The van der Waals surface area contributed by atoms with Crippen LogP contribution in [-0.4, -0.2) is 21.1 Å². The van der Waals surface area contributed by atoms with E-state index in [0.29, 0.717) is 21.5 Å². The normalized spacial score (nSPS) is 11.5. The third-order valence-electron chi connectivity index (χ3n) is 3.58. The number of hydrogen-bond acceptors (Lipinski definition) is 6. The van der Waals surface area contributed by atoms with Gasteiger partial charge in [-0.05, 0) is 35.6 Å². The molecule has 0 fully saturated rings. The second-order valence-corrected chi connectivity index (χ2v) is 7.45. The summed E-state index contributed by atoms with van der Waals surface area (Å²) in [5, 5.41) is 12.0. The van der Waals surface area contributed by atoms with Crippen LogP contribution in [0.1, 0.15) is 42.3 Å². The van der Waals surface area contributed by atoms with E-state index in [1.165, 1.54) is 11.3 Å². The van der Waals surface area contributed by atoms with Crippen molar-refractivity contribution in [1.82, 2.24) is 15.2 Å². The quantitative estimate of drug-likeness (QED) is 0.776. The Kier molecular flexibility index (Phi) is 4.19. The van der Waals surface area contributed by atoms with Crippen LogP contribution < -0.4 is 5.32 Å². The van der Waals surface area contributed by atoms with Crippen molar-refractivity contribution < 1.29 is 9.21 Å². The summed E-state index contributed by atoms with van der Waals surface area (Å²) in [6.45, 7) is 8.11. The first-order chi connectivity index (χ1) is 11.4. The molecule has 0 saturated carbocycles. The maximum Gasteiger partial charge on any atom is 0.259 e. The molecule has 0 bridgehead atoms. The van der Waals surface area contributed by atoms with E-state index in [2.05, 4.69) is 41.3 Å². The van der Waals surface area contributed by atoms with Gasteiger partial charge in [-0.1, -0.05) is 32.1 Å². The van der Waals surface area contributed by atoms with Gasteiger partial charge in [0.2, 0.25) is 5.13 Å². The fourth-order valence-electron chi connectivity index (χ4n) is 2.35. The van der Waals surface area contributed by atoms with Gasteiger partial charge in [-0.25, -0.2) is 0 Å². The molecule has 3 heterocycles. The minimum atomic E-state index is -0.244. The van der Waals surface area contributed by atoms with Crippen LogP contribution in [-0.2, 0) is 5.41 Å². The van der Waals surface area contributed by atoms with Crippen molar-refractivity contribution in [2.24, 2.45) is 0 Å². The van der Waals surface area contributed by atoms with Gasteiger partial charge in [0, 0.05) is 12.4 Å². The van der Waals surface area contributed by atoms with E-state index < -0.39 is 0 Å². The number of nitrogens with zero attached hydrogens (tertiary/aromatic N) is 3. The van der Waals surface area contributed by atoms with Gasteiger partial charge in [-0.2, -0.15) is 0 Å². The molecule has 24 heavy (non-hydrogen) atoms. The van der Waals surface area contributed by atoms with Gasteiger partial charge < -0.3 is 4.42 Å². The van der Waals surface area contributed by atoms with Crippen molar-refractivity contribution in [1.29, 1.82) is 0 Å². The van der Waals surface area contributed by atoms with Crippen molar-refractivity contribution in [2.75, 3.05) is 5.32 Å². The lowest BCUT2D eigenvalue weighted by atomic mass is 9.84. The van der Waals surface area contributed by atoms with Crippen LogP contribution in [0.25, 0.3) is 10.8 Å². The first-order valence-electron chi connectivity index (χ1n) is 7.50. The van der Waals surface area contributed by atoms with Crippen LogP contribution in [0.5, 0.6) is 0 Å². The van der Waals surface area contributed by atoms with Crippen LogP contribution in [0.15, 0.2) is 35.2 Å². The Morgan fingerprint density at radius 3 is 2.71 bits per heavy atom. The Balaban J connectivity index is 1.84. The zero-order chi connectivity index (χ0) is 17.3. The monoisotopic (exact) mass is 342 g/mol. The maximum atomic E-state index is 12.6. The first kappa shape index (κ1) is 16.3. The average molecular weight is 342 g/mol. The number of aromatic nitrogens is 3. The molecule has 3 aromatic rings. The SMILES string of the molecule is Cc1ccoc1-c1nnc(NC(=O)c2cnccc2C(C)(C)C)s1. The van der Waals surface area contributed by atoms with E-state index in [1.807, 2.05) is 19.1 Å². The Morgan fingerprint density at radius 1 is 1.25 bits per heavy atom. The summed E-state index contributed by atoms with van der Waals surface area (Å²) >= 11 is 1.27. The fourth-order valence-corrected chi connectivity index (χ4v) is 3.14. The molecule has 0 saturated heterocycles. The first-order valence-corrected chi connectivity index (χ1v) is 8.31. The number of anilines is 1. The van der Waals surface area contributed by atoms with Gasteiger partial charge in [-0.15, -0.1) is 10.2 Å². The van der Waals surface area contributed by atoms with Crippen molar-refractivity contribution in [3.63, 3.8) is 0 Å². The fraction of sp³-hybridized carbons (Fsp3) is 0.294. The Hall–Kier alpha value is -2.54. The number of aryl methyl sites for hydroxylation is 1. The smallest absolute Gasteiger partial charge is 0.259 e. The van der Waals surface area contributed by atoms with Crippen molar-refractivity contribution in [2.45, 2.75) is 33.1 Å². The molecule has 7 heteroatoms. The molecular weight excluding hydrogens is 324 g/mol. The highest BCUT2D eigenvalue weighted by atomic mass is 32.1. The third kappa shape index (κ3) is 3.21. The molecule has 0 aromatic carbocycles. The van der Waals surface area contributed by atoms with E-state index in [-0.39, 0.29) is 11.3 Å². The largest absolute Gasteiger partial charge is 0.461 e. The topological polar surface area (TPSA) is 80.9 Å². The summed E-state index contributed by atoms with van der Waals surface area (Å²) in [6.07, 6.45) is 4.88. The molecule has 0 aliphatic carbocycles. The van der Waals surface area contributed by atoms with Crippen LogP contribution >= 0.6 is 11.3 Å². The highest BCUT2D eigenvalue weighted by molar-refractivity contribution is 7.18. The van der Waals surface area contributed by atoms with Crippen molar-refractivity contribution >= 4 is 22.4 Å². The number of nitrogens with one attached hydrogen (secondary N) is 1. The van der Waals surface area contributed by atoms with Gasteiger partial charge in [0.15, 0.2) is 10.8 Å². The molecule has 124 valence electrons. The highest BCUT2D eigenvalue weighted by Gasteiger charge is 2.22. The van der Waals surface area contributed by atoms with E-state index in [4.69, 9.17) is 4.42 Å². The van der Waals surface area contributed by atoms with Crippen LogP contribution in [0.2, 0.25) is 0 Å². The second kappa shape index (κ2) is 6.16. The minimum absolute atomic E-state index is 0.160. The zero-order valence-corrected chi connectivity index (χ0v) is 14.8. The Morgan fingerprint density at radius 2 is 2.04 bits per heavy atom. The molecule has 0 aliphatic rings. The maximum absolute atomic E-state index is 12.6. The van der Waals surface area contributed by atoms with Gasteiger partial charge in [0.1, 0.15) is 0 Å². The molecule has 0 radical (unpaired) electrons. The summed E-state index contributed by atoms with van der Waals surface area (Å²) in [6, 6.07) is 3.73. The summed E-state index contributed by atoms with van der Waals surface area (Å²) < 4.78 is 5.40. The van der Waals surface area contributed by atoms with Gasteiger partial charge in [0.25, 0.3) is 5.91 Å². The summed E-state index contributed by atoms with van der Waals surface area (Å²) in [5.74, 6) is 0.427. The van der Waals surface area contributed by atoms with E-state index in [9.17, 15) is 4.79 Å². The van der Waals surface area contributed by atoms with Gasteiger partial charge >= 0.3 is 0 Å². The summed E-state index contributed by atoms with van der Waals surface area (Å²) in [5.41, 5.74) is 2.29. The minimum Gasteiger partial charge on any atom is -0.461 e. The predicted molar refractivity (Wildman–Crippen MR) is 93.2 cm³/mol. The molecule has 0 atom stereocenters. The molecule has 3 rings (SSSR count). The number of pyridine rings is 1. The van der Waals surface area contributed by atoms with Crippen LogP contribution in [0, 0.1) is 6.92 Å². The number of carbonyl (C=O) groups is 1.